The van der Waals surface area contributed by atoms with Crippen molar-refractivity contribution in [3.05, 3.63) is 62.9 Å². The van der Waals surface area contributed by atoms with Gasteiger partial charge in [-0.2, -0.15) is 10.5 Å². The molecular weight excluding hydrogens is 388 g/mol. The van der Waals surface area contributed by atoms with Gasteiger partial charge in [-0.25, -0.2) is 13.6 Å². The van der Waals surface area contributed by atoms with Gasteiger partial charge in [0.2, 0.25) is 9.84 Å². The highest BCUT2D eigenvalue weighted by atomic mass is 32.2. The summed E-state index contributed by atoms with van der Waals surface area (Å²) in [7, 11) is -4.05. The van der Waals surface area contributed by atoms with Crippen LogP contribution in [0.3, 0.4) is 0 Å². The Morgan fingerprint density at radius 3 is 2.59 bits per heavy atom. The molecule has 0 amide bonds. The van der Waals surface area contributed by atoms with Gasteiger partial charge in [0.15, 0.2) is 15.4 Å². The summed E-state index contributed by atoms with van der Waals surface area (Å²) in [5, 5.41) is 28.7. The van der Waals surface area contributed by atoms with Crippen molar-refractivity contribution < 1.29 is 18.9 Å². The molecule has 2 aromatic carbocycles. The second-order valence-corrected chi connectivity index (χ2v) is 8.06. The number of hydrogen-bond donors (Lipinski definition) is 3. The largest absolute Gasteiger partial charge is 0.595 e. The Kier molecular flexibility index (Phi) is 4.97. The zero-order valence-electron chi connectivity index (χ0n) is 14.0. The first-order valence-electron chi connectivity index (χ1n) is 7.65. The lowest BCUT2D eigenvalue weighted by atomic mass is 10.2. The van der Waals surface area contributed by atoms with Crippen LogP contribution < -0.4 is 5.23 Å². The Hall–Kier alpha value is -2.81. The fraction of sp³-hybridized carbons (Fsp3) is 0.0588. The minimum Gasteiger partial charge on any atom is -0.595 e. The molecule has 0 radical (unpaired) electrons. The number of fused-ring (bicyclic) bond motifs is 1. The fourth-order valence-electron chi connectivity index (χ4n) is 2.50. The lowest BCUT2D eigenvalue weighted by molar-refractivity contribution is -0.991. The van der Waals surface area contributed by atoms with Gasteiger partial charge in [0.25, 0.3) is 0 Å². The molecule has 10 heteroatoms. The summed E-state index contributed by atoms with van der Waals surface area (Å²) in [5.41, 5.74) is 1.77. The van der Waals surface area contributed by atoms with Crippen LogP contribution in [0.1, 0.15) is 5.56 Å². The molecule has 3 N–H and O–H groups in total. The van der Waals surface area contributed by atoms with Crippen LogP contribution in [0.2, 0.25) is 0 Å². The number of allylic oxidation sites excluding steroid dienone is 1. The van der Waals surface area contributed by atoms with E-state index >= 15 is 0 Å². The number of nitrogens with zero attached hydrogens (tertiary/aromatic N) is 2. The van der Waals surface area contributed by atoms with Gasteiger partial charge in [-0.3, -0.25) is 4.57 Å². The number of nitrogens with one attached hydrogen (secondary N) is 2. The van der Waals surface area contributed by atoms with Crippen molar-refractivity contribution in [2.75, 3.05) is 0 Å². The van der Waals surface area contributed by atoms with E-state index in [1.165, 1.54) is 34.9 Å². The highest BCUT2D eigenvalue weighted by Crippen LogP contribution is 2.23. The molecule has 0 bridgehead atoms. The Morgan fingerprint density at radius 1 is 1.33 bits per heavy atom. The van der Waals surface area contributed by atoms with E-state index in [1.807, 2.05) is 6.92 Å². The van der Waals surface area contributed by atoms with Gasteiger partial charge in [0.1, 0.15) is 6.07 Å². The molecular formula is C17H14N4O4S2. The summed E-state index contributed by atoms with van der Waals surface area (Å²) in [4.78, 5) is 2.33. The first-order valence-corrected chi connectivity index (χ1v) is 9.54. The van der Waals surface area contributed by atoms with E-state index in [0.717, 1.165) is 11.8 Å². The molecule has 0 saturated carbocycles. The van der Waals surface area contributed by atoms with Crippen LogP contribution in [0.25, 0.3) is 17.2 Å². The fourth-order valence-corrected chi connectivity index (χ4v) is 3.88. The van der Waals surface area contributed by atoms with Gasteiger partial charge in [-0.05, 0) is 37.3 Å². The van der Waals surface area contributed by atoms with Crippen molar-refractivity contribution in [2.24, 2.45) is 0 Å². The monoisotopic (exact) mass is 402 g/mol. The molecule has 3 aromatic rings. The Balaban J connectivity index is 2.20. The van der Waals surface area contributed by atoms with Gasteiger partial charge < -0.3 is 10.2 Å². The topological polar surface area (TPSA) is 126 Å². The van der Waals surface area contributed by atoms with E-state index in [4.69, 9.17) is 17.4 Å². The number of quaternary nitrogens is 1. The molecule has 27 heavy (non-hydrogen) atoms. The summed E-state index contributed by atoms with van der Waals surface area (Å²) in [6, 6.07) is 12.1. The van der Waals surface area contributed by atoms with E-state index < -0.39 is 20.0 Å². The van der Waals surface area contributed by atoms with Crippen LogP contribution in [0.15, 0.2) is 52.3 Å². The molecule has 0 aliphatic carbocycles. The molecule has 138 valence electrons. The van der Waals surface area contributed by atoms with Gasteiger partial charge in [-0.15, -0.1) is 0 Å². The van der Waals surface area contributed by atoms with Gasteiger partial charge >= 0.3 is 0 Å². The van der Waals surface area contributed by atoms with E-state index in [1.54, 1.807) is 18.2 Å². The zero-order chi connectivity index (χ0) is 19.8. The van der Waals surface area contributed by atoms with Gasteiger partial charge in [0.05, 0.1) is 15.9 Å². The van der Waals surface area contributed by atoms with Crippen LogP contribution in [-0.4, -0.2) is 23.2 Å². The number of nitriles is 1. The molecule has 1 unspecified atom stereocenters. The molecule has 0 spiro atoms. The summed E-state index contributed by atoms with van der Waals surface area (Å²) >= 11 is 5.20. The molecule has 0 aliphatic rings. The lowest BCUT2D eigenvalue weighted by Gasteiger charge is -2.11. The number of aryl methyl sites for hydroxylation is 1. The third kappa shape index (κ3) is 3.55. The van der Waals surface area contributed by atoms with Gasteiger partial charge in [0, 0.05) is 18.3 Å². The van der Waals surface area contributed by atoms with Crippen molar-refractivity contribution >= 4 is 45.0 Å². The smallest absolute Gasteiger partial charge is 0.218 e. The van der Waals surface area contributed by atoms with Gasteiger partial charge in [-0.1, -0.05) is 17.7 Å². The van der Waals surface area contributed by atoms with Crippen molar-refractivity contribution in [3.63, 3.8) is 0 Å². The molecule has 0 fully saturated rings. The van der Waals surface area contributed by atoms with Crippen molar-refractivity contribution in [3.8, 4) is 6.07 Å². The van der Waals surface area contributed by atoms with Crippen LogP contribution in [0.5, 0.6) is 0 Å². The number of imidazole rings is 1. The Morgan fingerprint density at radius 2 is 2.00 bits per heavy atom. The molecule has 1 heterocycles. The average Bonchev–Trinajstić information content (AvgIpc) is 2.94. The summed E-state index contributed by atoms with van der Waals surface area (Å²) in [6.07, 6.45) is 1.10. The third-order valence-electron chi connectivity index (χ3n) is 3.94. The normalized spacial score (nSPS) is 13.5. The predicted octanol–water partition coefficient (Wildman–Crippen LogP) is 2.21. The van der Waals surface area contributed by atoms with E-state index in [9.17, 15) is 18.9 Å². The number of benzene rings is 2. The molecule has 1 aromatic heterocycles. The van der Waals surface area contributed by atoms with Crippen LogP contribution >= 0.6 is 12.2 Å². The van der Waals surface area contributed by atoms with Crippen molar-refractivity contribution in [1.29, 1.82) is 5.26 Å². The standard InChI is InChI=1S/C17H14N4O4S2/c1-11-2-5-13(6-3-11)27(24,25)14(9-18)10-20-16-8-12(21(22)23)4-7-15(16)19-17(20)26/h2-8,10,21-22H,1H3,(H,19,26)/b14-10-. The second-order valence-electron chi connectivity index (χ2n) is 5.76. The number of hydrogen-bond acceptors (Lipinski definition) is 6. The quantitative estimate of drug-likeness (QED) is 0.349. The molecule has 0 aliphatic heterocycles. The highest BCUT2D eigenvalue weighted by Gasteiger charge is 2.21. The minimum atomic E-state index is -4.05. The predicted molar refractivity (Wildman–Crippen MR) is 101 cm³/mol. The molecule has 0 saturated heterocycles. The maximum Gasteiger partial charge on any atom is 0.218 e. The molecule has 3 rings (SSSR count). The van der Waals surface area contributed by atoms with E-state index in [-0.39, 0.29) is 15.4 Å². The maximum absolute atomic E-state index is 12.8. The van der Waals surface area contributed by atoms with E-state index in [0.29, 0.717) is 11.0 Å². The Bertz CT molecular complexity index is 1250. The van der Waals surface area contributed by atoms with Crippen LogP contribution in [0, 0.1) is 28.2 Å². The maximum atomic E-state index is 12.8. The van der Waals surface area contributed by atoms with Crippen LogP contribution in [-0.2, 0) is 9.84 Å². The Labute approximate surface area is 159 Å². The number of aromatic nitrogens is 2. The SMILES string of the molecule is Cc1ccc(S(=O)(=O)/C(C#N)=C\n2c(=S)[nH]c3ccc([NH+]([O-])O)cc32)cc1. The summed E-state index contributed by atoms with van der Waals surface area (Å²) in [5.74, 6) is 0. The molecule has 8 nitrogen and oxygen atoms in total. The minimum absolute atomic E-state index is 0.0125. The number of sulfone groups is 1. The average molecular weight is 402 g/mol. The van der Waals surface area contributed by atoms with Crippen LogP contribution in [0.4, 0.5) is 5.69 Å². The lowest BCUT2D eigenvalue weighted by Crippen LogP contribution is -2.99. The molecule has 1 atom stereocenters. The van der Waals surface area contributed by atoms with Crippen molar-refractivity contribution in [1.82, 2.24) is 9.55 Å². The summed E-state index contributed by atoms with van der Waals surface area (Å²) in [6.45, 7) is 1.82. The second kappa shape index (κ2) is 7.07. The first kappa shape index (κ1) is 19.0. The zero-order valence-corrected chi connectivity index (χ0v) is 15.6. The number of aromatic amines is 1. The first-order chi connectivity index (χ1) is 12.7. The van der Waals surface area contributed by atoms with Crippen molar-refractivity contribution in [2.45, 2.75) is 11.8 Å². The third-order valence-corrected chi connectivity index (χ3v) is 5.91. The number of H-pyrrole nitrogens is 1. The highest BCUT2D eigenvalue weighted by molar-refractivity contribution is 7.95. The number of rotatable bonds is 4. The van der Waals surface area contributed by atoms with E-state index in [2.05, 4.69) is 4.98 Å². The summed E-state index contributed by atoms with van der Waals surface area (Å²) < 4.78 is 27.0.